The lowest BCUT2D eigenvalue weighted by molar-refractivity contribution is -0.113. The van der Waals surface area contributed by atoms with Crippen LogP contribution in [-0.4, -0.2) is 46.0 Å². The van der Waals surface area contributed by atoms with Crippen LogP contribution in [0.5, 0.6) is 5.75 Å². The Kier molecular flexibility index (Phi) is 8.40. The number of nitrogens with one attached hydrogen (secondary N) is 3. The van der Waals surface area contributed by atoms with Crippen molar-refractivity contribution in [2.75, 3.05) is 36.3 Å². The Morgan fingerprint density at radius 3 is 2.62 bits per heavy atom. The van der Waals surface area contributed by atoms with Gasteiger partial charge >= 0.3 is 0 Å². The van der Waals surface area contributed by atoms with Gasteiger partial charge in [-0.25, -0.2) is 9.37 Å². The number of carbonyl (C=O) groups excluding carboxylic acids is 1. The van der Waals surface area contributed by atoms with Crippen LogP contribution in [0.15, 0.2) is 85.3 Å². The SMILES string of the molecule is C=C(Cn1cccn1)C(=O)Nc1cccc(Nc2nc(Nc3ccc(OCCOC)cc3)ncc2F)c1. The minimum atomic E-state index is -0.630. The maximum atomic E-state index is 14.5. The molecule has 10 nitrogen and oxygen atoms in total. The van der Waals surface area contributed by atoms with Crippen LogP contribution in [-0.2, 0) is 16.1 Å². The minimum Gasteiger partial charge on any atom is -0.491 e. The lowest BCUT2D eigenvalue weighted by Gasteiger charge is -2.12. The van der Waals surface area contributed by atoms with Gasteiger partial charge in [0.15, 0.2) is 11.6 Å². The molecular weight excluding hydrogens is 477 g/mol. The Bertz CT molecular complexity index is 1340. The number of hydrogen-bond acceptors (Lipinski definition) is 8. The van der Waals surface area contributed by atoms with Gasteiger partial charge in [-0.1, -0.05) is 12.6 Å². The van der Waals surface area contributed by atoms with E-state index in [0.717, 1.165) is 6.20 Å². The Morgan fingerprint density at radius 2 is 1.86 bits per heavy atom. The van der Waals surface area contributed by atoms with Crippen LogP contribution in [0.1, 0.15) is 0 Å². The molecule has 4 aromatic rings. The zero-order valence-electron chi connectivity index (χ0n) is 20.1. The second-order valence-corrected chi connectivity index (χ2v) is 7.85. The summed E-state index contributed by atoms with van der Waals surface area (Å²) in [6.07, 6.45) is 4.45. The zero-order chi connectivity index (χ0) is 26.0. The average molecular weight is 504 g/mol. The summed E-state index contributed by atoms with van der Waals surface area (Å²) in [5.41, 5.74) is 2.08. The van der Waals surface area contributed by atoms with Crippen molar-refractivity contribution in [2.45, 2.75) is 6.54 Å². The highest BCUT2D eigenvalue weighted by Crippen LogP contribution is 2.24. The van der Waals surface area contributed by atoms with Gasteiger partial charge in [0.25, 0.3) is 5.91 Å². The fraction of sp³-hybridized carbons (Fsp3) is 0.154. The maximum Gasteiger partial charge on any atom is 0.252 e. The van der Waals surface area contributed by atoms with E-state index in [1.54, 1.807) is 78.8 Å². The van der Waals surface area contributed by atoms with Crippen LogP contribution in [0.2, 0.25) is 0 Å². The molecule has 0 radical (unpaired) electrons. The molecule has 3 N–H and O–H groups in total. The van der Waals surface area contributed by atoms with Crippen molar-refractivity contribution in [3.8, 4) is 5.75 Å². The van der Waals surface area contributed by atoms with Crippen molar-refractivity contribution < 1.29 is 18.7 Å². The highest BCUT2D eigenvalue weighted by Gasteiger charge is 2.11. The van der Waals surface area contributed by atoms with E-state index in [4.69, 9.17) is 9.47 Å². The number of methoxy groups -OCH3 is 1. The molecule has 2 heterocycles. The van der Waals surface area contributed by atoms with Crippen molar-refractivity contribution in [1.29, 1.82) is 0 Å². The smallest absolute Gasteiger partial charge is 0.252 e. The summed E-state index contributed by atoms with van der Waals surface area (Å²) >= 11 is 0. The van der Waals surface area contributed by atoms with Gasteiger partial charge in [0.05, 0.1) is 19.3 Å². The predicted molar refractivity (Wildman–Crippen MR) is 139 cm³/mol. The lowest BCUT2D eigenvalue weighted by atomic mass is 10.2. The number of amides is 1. The van der Waals surface area contributed by atoms with Gasteiger partial charge in [-0.15, -0.1) is 0 Å². The lowest BCUT2D eigenvalue weighted by Crippen LogP contribution is -2.17. The fourth-order valence-electron chi connectivity index (χ4n) is 3.21. The first kappa shape index (κ1) is 25.3. The third-order valence-corrected chi connectivity index (χ3v) is 5.03. The quantitative estimate of drug-likeness (QED) is 0.191. The van der Waals surface area contributed by atoms with E-state index in [0.29, 0.717) is 41.6 Å². The number of aromatic nitrogens is 4. The average Bonchev–Trinajstić information content (AvgIpc) is 3.40. The van der Waals surface area contributed by atoms with Crippen molar-refractivity contribution in [3.05, 3.63) is 91.2 Å². The number of ether oxygens (including phenoxy) is 2. The summed E-state index contributed by atoms with van der Waals surface area (Å²) in [5.74, 6) is -0.0984. The molecule has 0 bridgehead atoms. The van der Waals surface area contributed by atoms with E-state index in [1.165, 1.54) is 0 Å². The normalized spacial score (nSPS) is 10.5. The van der Waals surface area contributed by atoms with Crippen molar-refractivity contribution in [2.24, 2.45) is 0 Å². The fourth-order valence-corrected chi connectivity index (χ4v) is 3.21. The molecule has 0 saturated carbocycles. The number of carbonyl (C=O) groups is 1. The van der Waals surface area contributed by atoms with Gasteiger partial charge in [-0.2, -0.15) is 10.1 Å². The second-order valence-electron chi connectivity index (χ2n) is 7.85. The molecule has 0 aliphatic heterocycles. The number of hydrogen-bond donors (Lipinski definition) is 3. The summed E-state index contributed by atoms with van der Waals surface area (Å²) in [5, 5.41) is 12.8. The van der Waals surface area contributed by atoms with Gasteiger partial charge in [0.2, 0.25) is 5.95 Å². The Morgan fingerprint density at radius 1 is 1.05 bits per heavy atom. The number of benzene rings is 2. The molecule has 11 heteroatoms. The monoisotopic (exact) mass is 503 g/mol. The van der Waals surface area contributed by atoms with E-state index in [2.05, 4.69) is 37.6 Å². The highest BCUT2D eigenvalue weighted by atomic mass is 19.1. The summed E-state index contributed by atoms with van der Waals surface area (Å²) < 4.78 is 26.6. The number of halogens is 1. The van der Waals surface area contributed by atoms with Crippen LogP contribution in [0.25, 0.3) is 0 Å². The standard InChI is InChI=1S/C26H26FN7O3/c1-18(17-34-12-4-11-29-34)25(35)31-21-6-3-5-20(15-21)30-24-23(27)16-28-26(33-24)32-19-7-9-22(10-8-19)37-14-13-36-2/h3-12,15-16H,1,13-14,17H2,2H3,(H,31,35)(H2,28,30,32,33). The largest absolute Gasteiger partial charge is 0.491 e. The predicted octanol–water partition coefficient (Wildman–Crippen LogP) is 4.52. The van der Waals surface area contributed by atoms with Gasteiger partial charge in [0, 0.05) is 42.1 Å². The molecule has 37 heavy (non-hydrogen) atoms. The third kappa shape index (κ3) is 7.36. The van der Waals surface area contributed by atoms with Crippen LogP contribution in [0.4, 0.5) is 33.2 Å². The van der Waals surface area contributed by atoms with Crippen LogP contribution in [0, 0.1) is 5.82 Å². The maximum absolute atomic E-state index is 14.5. The molecular formula is C26H26FN7O3. The first-order valence-corrected chi connectivity index (χ1v) is 11.3. The molecule has 0 spiro atoms. The summed E-state index contributed by atoms with van der Waals surface area (Å²) in [4.78, 5) is 20.7. The van der Waals surface area contributed by atoms with E-state index in [-0.39, 0.29) is 24.2 Å². The molecule has 0 saturated heterocycles. The molecule has 190 valence electrons. The Labute approximate surface area is 213 Å². The van der Waals surface area contributed by atoms with E-state index in [1.807, 2.05) is 0 Å². The summed E-state index contributed by atoms with van der Waals surface area (Å²) in [7, 11) is 1.61. The minimum absolute atomic E-state index is 0.0245. The first-order chi connectivity index (χ1) is 18.0. The van der Waals surface area contributed by atoms with Crippen LogP contribution in [0.3, 0.4) is 0 Å². The highest BCUT2D eigenvalue weighted by molar-refractivity contribution is 6.03. The van der Waals surface area contributed by atoms with E-state index in [9.17, 15) is 9.18 Å². The summed E-state index contributed by atoms with van der Waals surface area (Å²) in [6, 6.07) is 15.8. The van der Waals surface area contributed by atoms with Gasteiger partial charge in [-0.05, 0) is 48.5 Å². The zero-order valence-corrected chi connectivity index (χ0v) is 20.1. The molecule has 4 rings (SSSR count). The van der Waals surface area contributed by atoms with Crippen molar-refractivity contribution in [3.63, 3.8) is 0 Å². The van der Waals surface area contributed by atoms with Crippen molar-refractivity contribution >= 4 is 34.7 Å². The Hall–Kier alpha value is -4.77. The first-order valence-electron chi connectivity index (χ1n) is 11.3. The van der Waals surface area contributed by atoms with Gasteiger partial charge in [-0.3, -0.25) is 9.48 Å². The molecule has 0 unspecified atom stereocenters. The van der Waals surface area contributed by atoms with E-state index >= 15 is 0 Å². The van der Waals surface area contributed by atoms with Gasteiger partial charge < -0.3 is 25.4 Å². The van der Waals surface area contributed by atoms with Gasteiger partial charge in [0.1, 0.15) is 12.4 Å². The molecule has 1 amide bonds. The second kappa shape index (κ2) is 12.3. The summed E-state index contributed by atoms with van der Waals surface area (Å²) in [6.45, 7) is 5.03. The third-order valence-electron chi connectivity index (χ3n) is 5.03. The molecule has 2 aromatic carbocycles. The number of rotatable bonds is 12. The van der Waals surface area contributed by atoms with Crippen LogP contribution >= 0.6 is 0 Å². The molecule has 0 fully saturated rings. The van der Waals surface area contributed by atoms with Crippen LogP contribution < -0.4 is 20.7 Å². The number of nitrogens with zero attached hydrogens (tertiary/aromatic N) is 4. The molecule has 2 aromatic heterocycles. The Balaban J connectivity index is 1.38. The molecule has 0 aliphatic rings. The molecule has 0 aliphatic carbocycles. The van der Waals surface area contributed by atoms with E-state index < -0.39 is 5.82 Å². The topological polar surface area (TPSA) is 115 Å². The van der Waals surface area contributed by atoms with Crippen molar-refractivity contribution in [1.82, 2.24) is 19.7 Å². The molecule has 0 atom stereocenters. The number of anilines is 5.